The van der Waals surface area contributed by atoms with Crippen molar-refractivity contribution in [3.8, 4) is 22.9 Å². The first kappa shape index (κ1) is 29.5. The molecule has 12 nitrogen and oxygen atoms in total. The van der Waals surface area contributed by atoms with Gasteiger partial charge in [0.2, 0.25) is 5.91 Å². The van der Waals surface area contributed by atoms with Crippen molar-refractivity contribution in [1.82, 2.24) is 15.0 Å². The smallest absolute Gasteiger partial charge is 0.257 e. The number of nitrogens with one attached hydrogen (secondary N) is 2. The number of sulfone groups is 1. The highest BCUT2D eigenvalue weighted by molar-refractivity contribution is 7.90. The van der Waals surface area contributed by atoms with Crippen molar-refractivity contribution in [2.24, 2.45) is 0 Å². The molecule has 0 aromatic carbocycles. The molecule has 0 saturated carbocycles. The fraction of sp³-hybridized carbons (Fsp3) is 0.448. The van der Waals surface area contributed by atoms with Gasteiger partial charge in [0.05, 0.1) is 17.5 Å². The Kier molecular flexibility index (Phi) is 8.24. The predicted octanol–water partition coefficient (Wildman–Crippen LogP) is 4.20. The predicted molar refractivity (Wildman–Crippen MR) is 159 cm³/mol. The highest BCUT2D eigenvalue weighted by Gasteiger charge is 2.29. The Balaban J connectivity index is 1.55. The quantitative estimate of drug-likeness (QED) is 0.386. The summed E-state index contributed by atoms with van der Waals surface area (Å²) in [6.45, 7) is 9.59. The third kappa shape index (κ3) is 6.90. The summed E-state index contributed by atoms with van der Waals surface area (Å²) in [5.74, 6) is 1.23. The Hall–Kier alpha value is -3.97. The molecule has 5 heterocycles. The van der Waals surface area contributed by atoms with E-state index in [1.54, 1.807) is 30.5 Å². The third-order valence-corrected chi connectivity index (χ3v) is 7.80. The molecule has 0 bridgehead atoms. The van der Waals surface area contributed by atoms with Crippen LogP contribution in [0.5, 0.6) is 11.6 Å². The van der Waals surface area contributed by atoms with Gasteiger partial charge in [-0.05, 0) is 51.8 Å². The first-order chi connectivity index (χ1) is 19.9. The molecule has 0 unspecified atom stereocenters. The summed E-state index contributed by atoms with van der Waals surface area (Å²) in [5.41, 5.74) is 1.87. The van der Waals surface area contributed by atoms with Crippen molar-refractivity contribution in [1.29, 1.82) is 0 Å². The summed E-state index contributed by atoms with van der Waals surface area (Å²) in [7, 11) is -3.63. The molecule has 2 aliphatic heterocycles. The van der Waals surface area contributed by atoms with Gasteiger partial charge in [-0.1, -0.05) is 0 Å². The molecule has 1 fully saturated rings. The van der Waals surface area contributed by atoms with E-state index in [2.05, 4.69) is 30.5 Å². The molecule has 0 spiro atoms. The van der Waals surface area contributed by atoms with E-state index in [-0.39, 0.29) is 17.0 Å². The van der Waals surface area contributed by atoms with E-state index in [4.69, 9.17) is 14.2 Å². The maximum atomic E-state index is 12.7. The lowest BCUT2D eigenvalue weighted by molar-refractivity contribution is -0.114. The molecule has 224 valence electrons. The average molecular weight is 597 g/mol. The van der Waals surface area contributed by atoms with Crippen LogP contribution in [0.2, 0.25) is 0 Å². The Labute approximate surface area is 245 Å². The monoisotopic (exact) mass is 596 g/mol. The Morgan fingerprint density at radius 2 is 2.00 bits per heavy atom. The first-order valence-electron chi connectivity index (χ1n) is 13.9. The number of ether oxygens (including phenoxy) is 3. The topological polar surface area (TPSA) is 145 Å². The van der Waals surface area contributed by atoms with Gasteiger partial charge in [0.15, 0.2) is 20.6 Å². The molecular weight excluding hydrogens is 560 g/mol. The number of nitrogens with zero attached hydrogens (tertiary/aromatic N) is 4. The number of hydrogen-bond acceptors (Lipinski definition) is 11. The molecule has 0 radical (unpaired) electrons. The minimum atomic E-state index is -3.63. The largest absolute Gasteiger partial charge is 0.479 e. The van der Waals surface area contributed by atoms with E-state index in [0.717, 1.165) is 31.3 Å². The number of carbonyl (C=O) groups is 1. The zero-order valence-corrected chi connectivity index (χ0v) is 25.2. The summed E-state index contributed by atoms with van der Waals surface area (Å²) < 4.78 is 43.0. The van der Waals surface area contributed by atoms with E-state index in [1.165, 1.54) is 6.92 Å². The molecule has 3 aromatic rings. The van der Waals surface area contributed by atoms with Crippen molar-refractivity contribution < 1.29 is 27.4 Å². The fourth-order valence-corrected chi connectivity index (χ4v) is 5.55. The average Bonchev–Trinajstić information content (AvgIpc) is 2.92. The van der Waals surface area contributed by atoms with Gasteiger partial charge in [-0.25, -0.2) is 23.4 Å². The Morgan fingerprint density at radius 3 is 2.74 bits per heavy atom. The normalized spacial score (nSPS) is 17.9. The van der Waals surface area contributed by atoms with Crippen LogP contribution >= 0.6 is 0 Å². The van der Waals surface area contributed by atoms with Gasteiger partial charge in [0.1, 0.15) is 23.8 Å². The lowest BCUT2D eigenvalue weighted by atomic mass is 10.1. The van der Waals surface area contributed by atoms with E-state index in [0.29, 0.717) is 60.0 Å². The van der Waals surface area contributed by atoms with Crippen molar-refractivity contribution >= 4 is 38.8 Å². The van der Waals surface area contributed by atoms with E-state index >= 15 is 0 Å². The van der Waals surface area contributed by atoms with Crippen molar-refractivity contribution in [2.75, 3.05) is 48.1 Å². The molecule has 1 saturated heterocycles. The van der Waals surface area contributed by atoms with Gasteiger partial charge >= 0.3 is 0 Å². The van der Waals surface area contributed by atoms with Crippen LogP contribution < -0.4 is 25.0 Å². The lowest BCUT2D eigenvalue weighted by Gasteiger charge is -2.34. The molecule has 2 N–H and O–H groups in total. The maximum Gasteiger partial charge on any atom is 0.257 e. The molecule has 5 rings (SSSR count). The first-order valence-corrected chi connectivity index (χ1v) is 15.8. The number of fused-ring (bicyclic) bond motifs is 1. The Morgan fingerprint density at radius 1 is 1.19 bits per heavy atom. The number of piperidine rings is 1. The SMILES string of the molecule is CCO[C@H]1CCCN(c2cc(Nc3cc(NC(C)=O)ncc3-c3ccc4c(n3)OCC(C)(C)O4)nc(S(C)(=O)=O)c2)C1. The van der Waals surface area contributed by atoms with Gasteiger partial charge in [-0.15, -0.1) is 0 Å². The zero-order chi connectivity index (χ0) is 30.1. The van der Waals surface area contributed by atoms with Gasteiger partial charge in [0.25, 0.3) is 5.88 Å². The third-order valence-electron chi connectivity index (χ3n) is 6.83. The summed E-state index contributed by atoms with van der Waals surface area (Å²) in [5, 5.41) is 5.90. The second-order valence-corrected chi connectivity index (χ2v) is 13.0. The minimum Gasteiger partial charge on any atom is -0.479 e. The lowest BCUT2D eigenvalue weighted by Crippen LogP contribution is -2.39. The second kappa shape index (κ2) is 11.7. The van der Waals surface area contributed by atoms with Gasteiger partial charge < -0.3 is 29.7 Å². The van der Waals surface area contributed by atoms with Crippen molar-refractivity contribution in [3.63, 3.8) is 0 Å². The van der Waals surface area contributed by atoms with Crippen LogP contribution in [0.3, 0.4) is 0 Å². The maximum absolute atomic E-state index is 12.7. The molecule has 1 amide bonds. The van der Waals surface area contributed by atoms with Crippen LogP contribution in [-0.4, -0.2) is 73.5 Å². The standard InChI is InChI=1S/C29H36N6O6S/c1-6-39-20-8-7-11-35(16-20)19-12-26(34-27(13-19)42(5,37)38)32-23-14-25(31-18(2)36)30-15-21(23)22-9-10-24-28(33-22)40-17-29(3,4)41-24/h9-10,12-15,20H,6-8,11,16-17H2,1-5H3,(H2,30,31,32,34,36)/t20-/m0/s1. The molecule has 2 aliphatic rings. The van der Waals surface area contributed by atoms with Crippen LogP contribution in [0.15, 0.2) is 41.6 Å². The zero-order valence-electron chi connectivity index (χ0n) is 24.4. The summed E-state index contributed by atoms with van der Waals surface area (Å²) >= 11 is 0. The van der Waals surface area contributed by atoms with Crippen LogP contribution in [0.25, 0.3) is 11.3 Å². The van der Waals surface area contributed by atoms with Crippen LogP contribution in [0.4, 0.5) is 23.0 Å². The second-order valence-electron chi connectivity index (χ2n) is 11.1. The number of pyridine rings is 3. The summed E-state index contributed by atoms with van der Waals surface area (Å²) in [4.78, 5) is 27.4. The summed E-state index contributed by atoms with van der Waals surface area (Å²) in [6, 6.07) is 8.63. The highest BCUT2D eigenvalue weighted by atomic mass is 32.2. The number of rotatable bonds is 8. The molecular formula is C29H36N6O6S. The molecule has 42 heavy (non-hydrogen) atoms. The molecule has 1 atom stereocenters. The van der Waals surface area contributed by atoms with E-state index in [1.807, 2.05) is 26.8 Å². The number of aromatic nitrogens is 3. The number of hydrogen-bond donors (Lipinski definition) is 2. The van der Waals surface area contributed by atoms with Crippen LogP contribution in [0, 0.1) is 0 Å². The Bertz CT molecular complexity index is 1590. The summed E-state index contributed by atoms with van der Waals surface area (Å²) in [6.07, 6.45) is 4.65. The highest BCUT2D eigenvalue weighted by Crippen LogP contribution is 2.38. The number of amides is 1. The van der Waals surface area contributed by atoms with Crippen LogP contribution in [-0.2, 0) is 19.4 Å². The van der Waals surface area contributed by atoms with Gasteiger partial charge in [0, 0.05) is 62.5 Å². The number of anilines is 4. The van der Waals surface area contributed by atoms with Gasteiger partial charge in [-0.3, -0.25) is 4.79 Å². The van der Waals surface area contributed by atoms with Crippen molar-refractivity contribution in [2.45, 2.75) is 57.3 Å². The van der Waals surface area contributed by atoms with Crippen molar-refractivity contribution in [3.05, 3.63) is 36.5 Å². The fourth-order valence-electron chi connectivity index (χ4n) is 4.95. The number of carbonyl (C=O) groups excluding carboxylic acids is 1. The molecule has 13 heteroatoms. The van der Waals surface area contributed by atoms with E-state index in [9.17, 15) is 13.2 Å². The molecule has 0 aliphatic carbocycles. The van der Waals surface area contributed by atoms with Gasteiger partial charge in [-0.2, -0.15) is 0 Å². The van der Waals surface area contributed by atoms with Crippen LogP contribution in [0.1, 0.15) is 40.5 Å². The minimum absolute atomic E-state index is 0.0567. The molecule has 3 aromatic heterocycles. The van der Waals surface area contributed by atoms with E-state index < -0.39 is 15.4 Å².